The number of anilines is 2. The van der Waals surface area contributed by atoms with Crippen LogP contribution in [0.15, 0.2) is 12.5 Å². The van der Waals surface area contributed by atoms with Gasteiger partial charge in [0.15, 0.2) is 6.23 Å². The van der Waals surface area contributed by atoms with Crippen molar-refractivity contribution in [3.63, 3.8) is 0 Å². The molecule has 0 aromatic carbocycles. The van der Waals surface area contributed by atoms with Crippen molar-refractivity contribution in [3.8, 4) is 0 Å². The number of ether oxygens (including phenoxy) is 1. The van der Waals surface area contributed by atoms with Gasteiger partial charge in [-0.25, -0.2) is 9.97 Å². The van der Waals surface area contributed by atoms with Crippen LogP contribution in [0.5, 0.6) is 0 Å². The molecule has 4 atom stereocenters. The molecule has 0 spiro atoms. The molecule has 1 fully saturated rings. The molecule has 0 bridgehead atoms. The van der Waals surface area contributed by atoms with Crippen LogP contribution in [0.1, 0.15) is 13.2 Å². The van der Waals surface area contributed by atoms with Gasteiger partial charge in [0.05, 0.1) is 24.2 Å². The van der Waals surface area contributed by atoms with Crippen LogP contribution in [0.4, 0.5) is 11.5 Å². The van der Waals surface area contributed by atoms with Crippen molar-refractivity contribution in [3.05, 3.63) is 12.5 Å². The van der Waals surface area contributed by atoms with Gasteiger partial charge in [-0.2, -0.15) is 0 Å². The summed E-state index contributed by atoms with van der Waals surface area (Å²) in [6.07, 6.45) is -0.257. The number of carbonyl (C=O) groups excluding carboxylic acids is 1. The number of amides is 1. The van der Waals surface area contributed by atoms with E-state index in [4.69, 9.17) is 4.74 Å². The number of aromatic nitrogens is 3. The lowest BCUT2D eigenvalue weighted by atomic mass is 9.96. The molecular weight excluding hydrogens is 318 g/mol. The molecule has 2 unspecified atom stereocenters. The van der Waals surface area contributed by atoms with E-state index in [1.807, 2.05) is 0 Å². The second-order valence-corrected chi connectivity index (χ2v) is 6.15. The number of hydrogen-bond acceptors (Lipinski definition) is 8. The van der Waals surface area contributed by atoms with Crippen LogP contribution in [0.3, 0.4) is 0 Å². The fraction of sp³-hybridized carbons (Fsp3) is 0.500. The number of nitrogens with zero attached hydrogens (tertiary/aromatic N) is 3. The Morgan fingerprint density at radius 2 is 2.29 bits per heavy atom. The summed E-state index contributed by atoms with van der Waals surface area (Å²) in [6, 6.07) is 0. The first-order valence-electron chi connectivity index (χ1n) is 7.49. The van der Waals surface area contributed by atoms with Gasteiger partial charge >= 0.3 is 0 Å². The normalized spacial score (nSPS) is 32.5. The zero-order valence-electron chi connectivity index (χ0n) is 12.8. The van der Waals surface area contributed by atoms with E-state index >= 15 is 0 Å². The Hall–Kier alpha value is -2.27. The summed E-state index contributed by atoms with van der Waals surface area (Å²) in [5.74, 6) is 0.253. The van der Waals surface area contributed by atoms with Crippen molar-refractivity contribution in [1.29, 1.82) is 0 Å². The predicted molar refractivity (Wildman–Crippen MR) is 82.3 cm³/mol. The monoisotopic (exact) mass is 335 g/mol. The maximum Gasteiger partial charge on any atom is 0.243 e. The van der Waals surface area contributed by atoms with Crippen molar-refractivity contribution in [2.24, 2.45) is 0 Å². The van der Waals surface area contributed by atoms with E-state index < -0.39 is 30.6 Å². The highest BCUT2D eigenvalue weighted by Crippen LogP contribution is 2.42. The zero-order valence-corrected chi connectivity index (χ0v) is 12.8. The first kappa shape index (κ1) is 15.3. The minimum atomic E-state index is -1.65. The Labute approximate surface area is 136 Å². The summed E-state index contributed by atoms with van der Waals surface area (Å²) >= 11 is 0. The van der Waals surface area contributed by atoms with Crippen molar-refractivity contribution in [1.82, 2.24) is 14.5 Å². The number of nitrogens with one attached hydrogen (secondary N) is 2. The topological polar surface area (TPSA) is 142 Å². The number of carbonyl (C=O) groups is 1. The van der Waals surface area contributed by atoms with Crippen molar-refractivity contribution in [2.45, 2.75) is 31.0 Å². The van der Waals surface area contributed by atoms with Gasteiger partial charge in [-0.1, -0.05) is 0 Å². The molecule has 128 valence electrons. The second-order valence-electron chi connectivity index (χ2n) is 6.15. The lowest BCUT2D eigenvalue weighted by Crippen LogP contribution is -2.44. The average Bonchev–Trinajstić information content (AvgIpc) is 2.95. The summed E-state index contributed by atoms with van der Waals surface area (Å²) in [5.41, 5.74) is -0.735. The van der Waals surface area contributed by atoms with E-state index in [0.29, 0.717) is 22.5 Å². The third-order valence-electron chi connectivity index (χ3n) is 4.49. The molecule has 1 saturated heterocycles. The van der Waals surface area contributed by atoms with Gasteiger partial charge in [-0.15, -0.1) is 0 Å². The van der Waals surface area contributed by atoms with Gasteiger partial charge < -0.3 is 35.3 Å². The van der Waals surface area contributed by atoms with Crippen molar-refractivity contribution < 1.29 is 24.9 Å². The molecule has 5 N–H and O–H groups in total. The highest BCUT2D eigenvalue weighted by molar-refractivity contribution is 6.09. The zero-order chi connectivity index (χ0) is 17.1. The fourth-order valence-electron chi connectivity index (χ4n) is 3.24. The third kappa shape index (κ3) is 2.01. The van der Waals surface area contributed by atoms with E-state index in [2.05, 4.69) is 20.6 Å². The Morgan fingerprint density at radius 1 is 1.50 bits per heavy atom. The van der Waals surface area contributed by atoms with E-state index in [9.17, 15) is 20.1 Å². The molecule has 2 aliphatic rings. The quantitative estimate of drug-likeness (QED) is 0.460. The average molecular weight is 335 g/mol. The molecule has 10 nitrogen and oxygen atoms in total. The molecule has 0 saturated carbocycles. The first-order chi connectivity index (χ1) is 11.4. The van der Waals surface area contributed by atoms with Gasteiger partial charge in [0.1, 0.15) is 35.6 Å². The fourth-order valence-corrected chi connectivity index (χ4v) is 3.24. The van der Waals surface area contributed by atoms with Crippen molar-refractivity contribution >= 4 is 28.4 Å². The standard InChI is InChI=1S/C14H17N5O5/c1-14(23)10(22)7(4-20)24-13(14)19-3-6-9-11(15-2-8(21)18-6)16-5-17-12(9)19/h3,5,7,10,13,20,22-23H,2,4H2,1H3,(H,18,21)(H,15,16,17)/t7-,10-,13?,14?/m1/s1. The van der Waals surface area contributed by atoms with E-state index in [1.165, 1.54) is 17.8 Å². The molecule has 2 aromatic heterocycles. The first-order valence-corrected chi connectivity index (χ1v) is 7.49. The molecule has 0 aliphatic carbocycles. The number of hydrogen-bond donors (Lipinski definition) is 5. The Bertz CT molecular complexity index is 819. The largest absolute Gasteiger partial charge is 0.394 e. The Kier molecular flexibility index (Phi) is 3.25. The summed E-state index contributed by atoms with van der Waals surface area (Å²) < 4.78 is 7.16. The maximum atomic E-state index is 11.8. The number of aliphatic hydroxyl groups is 3. The minimum absolute atomic E-state index is 0.0870. The molecule has 10 heteroatoms. The van der Waals surface area contributed by atoms with Crippen molar-refractivity contribution in [2.75, 3.05) is 23.8 Å². The molecule has 2 aliphatic heterocycles. The van der Waals surface area contributed by atoms with Crippen LogP contribution < -0.4 is 10.6 Å². The third-order valence-corrected chi connectivity index (χ3v) is 4.49. The molecule has 24 heavy (non-hydrogen) atoms. The van der Waals surface area contributed by atoms with Gasteiger partial charge in [-0.05, 0) is 6.92 Å². The Balaban J connectivity index is 1.88. The smallest absolute Gasteiger partial charge is 0.243 e. The van der Waals surface area contributed by atoms with Crippen LogP contribution in [0, 0.1) is 0 Å². The van der Waals surface area contributed by atoms with E-state index in [0.717, 1.165) is 0 Å². The van der Waals surface area contributed by atoms with Crippen LogP contribution in [-0.2, 0) is 9.53 Å². The second kappa shape index (κ2) is 5.11. The molecule has 0 radical (unpaired) electrons. The molecule has 2 aromatic rings. The summed E-state index contributed by atoms with van der Waals surface area (Å²) in [4.78, 5) is 20.2. The molecule has 4 heterocycles. The summed E-state index contributed by atoms with van der Waals surface area (Å²) in [6.45, 7) is 1.08. The van der Waals surface area contributed by atoms with Crippen LogP contribution in [0.25, 0.3) is 11.0 Å². The number of aliphatic hydroxyl groups excluding tert-OH is 2. The van der Waals surface area contributed by atoms with E-state index in [1.54, 1.807) is 6.20 Å². The predicted octanol–water partition coefficient (Wildman–Crippen LogP) is -1.20. The van der Waals surface area contributed by atoms with Crippen LogP contribution in [0.2, 0.25) is 0 Å². The SMILES string of the molecule is CC1(O)C(n2cc3c4c(ncnc42)NCC(=O)N3)O[C@H](CO)[C@H]1O. The minimum Gasteiger partial charge on any atom is -0.394 e. The molecule has 4 rings (SSSR count). The van der Waals surface area contributed by atoms with Gasteiger partial charge in [0.2, 0.25) is 5.91 Å². The van der Waals surface area contributed by atoms with Crippen LogP contribution >= 0.6 is 0 Å². The highest BCUT2D eigenvalue weighted by atomic mass is 16.6. The molecule has 1 amide bonds. The van der Waals surface area contributed by atoms with Gasteiger partial charge in [0.25, 0.3) is 0 Å². The number of rotatable bonds is 2. The van der Waals surface area contributed by atoms with Gasteiger partial charge in [0, 0.05) is 6.20 Å². The summed E-state index contributed by atoms with van der Waals surface area (Å²) in [5, 5.41) is 36.4. The van der Waals surface area contributed by atoms with Gasteiger partial charge in [-0.3, -0.25) is 4.79 Å². The maximum absolute atomic E-state index is 11.8. The summed E-state index contributed by atoms with van der Waals surface area (Å²) in [7, 11) is 0. The Morgan fingerprint density at radius 3 is 3.00 bits per heavy atom. The molecular formula is C14H17N5O5. The highest BCUT2D eigenvalue weighted by Gasteiger charge is 2.53. The lowest BCUT2D eigenvalue weighted by molar-refractivity contribution is -0.114. The van der Waals surface area contributed by atoms with E-state index in [-0.39, 0.29) is 12.5 Å². The van der Waals surface area contributed by atoms with Crippen LogP contribution in [-0.4, -0.2) is 66.7 Å². The lowest BCUT2D eigenvalue weighted by Gasteiger charge is -2.27.